The molecule has 1 N–H and O–H groups in total. The monoisotopic (exact) mass is 441 g/mol. The van der Waals surface area contributed by atoms with Crippen LogP contribution in [0.1, 0.15) is 22.3 Å². The van der Waals surface area contributed by atoms with Crippen molar-refractivity contribution in [3.63, 3.8) is 0 Å². The Balaban J connectivity index is 1.50. The van der Waals surface area contributed by atoms with Crippen molar-refractivity contribution in [1.82, 2.24) is 19.5 Å². The molecule has 1 fully saturated rings. The molecule has 0 unspecified atom stereocenters. The van der Waals surface area contributed by atoms with Crippen molar-refractivity contribution in [2.75, 3.05) is 31.1 Å². The van der Waals surface area contributed by atoms with E-state index in [1.165, 1.54) is 28.0 Å². The Morgan fingerprint density at radius 2 is 1.65 bits per heavy atom. The van der Waals surface area contributed by atoms with E-state index in [-0.39, 0.29) is 17.5 Å². The molecular weight excluding hydrogens is 420 g/mol. The highest BCUT2D eigenvalue weighted by Gasteiger charge is 2.33. The normalized spacial score (nSPS) is 16.2. The van der Waals surface area contributed by atoms with Crippen LogP contribution >= 0.6 is 11.3 Å². The van der Waals surface area contributed by atoms with Gasteiger partial charge in [0.15, 0.2) is 0 Å². The molecule has 2 aromatic heterocycles. The van der Waals surface area contributed by atoms with Gasteiger partial charge in [-0.05, 0) is 25.1 Å². The van der Waals surface area contributed by atoms with E-state index < -0.39 is 6.04 Å². The van der Waals surface area contributed by atoms with Crippen LogP contribution in [0.25, 0.3) is 4.96 Å². The van der Waals surface area contributed by atoms with Gasteiger partial charge in [0.25, 0.3) is 0 Å². The van der Waals surface area contributed by atoms with Gasteiger partial charge in [-0.2, -0.15) is 4.52 Å². The summed E-state index contributed by atoms with van der Waals surface area (Å²) < 4.78 is 30.5. The summed E-state index contributed by atoms with van der Waals surface area (Å²) in [5, 5.41) is 15.1. The lowest BCUT2D eigenvalue weighted by atomic mass is 10.0. The molecule has 6 nitrogen and oxygen atoms in total. The van der Waals surface area contributed by atoms with Crippen molar-refractivity contribution in [2.24, 2.45) is 0 Å². The molecule has 160 valence electrons. The molecule has 2 aromatic carbocycles. The first-order valence-corrected chi connectivity index (χ1v) is 10.9. The number of hydrogen-bond acceptors (Lipinski definition) is 6. The van der Waals surface area contributed by atoms with Gasteiger partial charge in [0, 0.05) is 31.7 Å². The highest BCUT2D eigenvalue weighted by Crippen LogP contribution is 2.41. The van der Waals surface area contributed by atoms with Gasteiger partial charge in [-0.3, -0.25) is 4.90 Å². The average Bonchev–Trinajstić information content (AvgIpc) is 3.28. The summed E-state index contributed by atoms with van der Waals surface area (Å²) in [5.74, 6) is -0.0433. The van der Waals surface area contributed by atoms with E-state index in [0.29, 0.717) is 53.1 Å². The van der Waals surface area contributed by atoms with Crippen LogP contribution in [0.4, 0.5) is 14.5 Å². The number of halogens is 2. The predicted molar refractivity (Wildman–Crippen MR) is 116 cm³/mol. The van der Waals surface area contributed by atoms with Crippen LogP contribution in [0.15, 0.2) is 48.5 Å². The summed E-state index contributed by atoms with van der Waals surface area (Å²) in [7, 11) is 0. The second kappa shape index (κ2) is 7.90. The van der Waals surface area contributed by atoms with Crippen molar-refractivity contribution >= 4 is 22.0 Å². The third-order valence-corrected chi connectivity index (χ3v) is 6.70. The van der Waals surface area contributed by atoms with Crippen molar-refractivity contribution in [3.8, 4) is 5.88 Å². The summed E-state index contributed by atoms with van der Waals surface area (Å²) in [4.78, 5) is 9.63. The van der Waals surface area contributed by atoms with Gasteiger partial charge in [0.2, 0.25) is 10.8 Å². The molecule has 0 saturated carbocycles. The number of thiazole rings is 1. The van der Waals surface area contributed by atoms with Crippen LogP contribution in [0.5, 0.6) is 5.88 Å². The molecule has 1 aliphatic rings. The highest BCUT2D eigenvalue weighted by atomic mass is 32.1. The Labute approximate surface area is 182 Å². The number of aromatic nitrogens is 3. The van der Waals surface area contributed by atoms with Crippen molar-refractivity contribution in [1.29, 1.82) is 0 Å². The van der Waals surface area contributed by atoms with Crippen molar-refractivity contribution < 1.29 is 13.9 Å². The van der Waals surface area contributed by atoms with Crippen LogP contribution in [-0.4, -0.2) is 50.8 Å². The Morgan fingerprint density at radius 1 is 0.968 bits per heavy atom. The maximum Gasteiger partial charge on any atom is 0.230 e. The smallest absolute Gasteiger partial charge is 0.230 e. The van der Waals surface area contributed by atoms with E-state index in [4.69, 9.17) is 0 Å². The molecule has 3 heterocycles. The zero-order valence-electron chi connectivity index (χ0n) is 16.9. The molecular formula is C22H21F2N5OS. The van der Waals surface area contributed by atoms with Crippen molar-refractivity contribution in [2.45, 2.75) is 13.0 Å². The largest absolute Gasteiger partial charge is 0.492 e. The number of aryl methyl sites for hydroxylation is 1. The molecule has 1 saturated heterocycles. The van der Waals surface area contributed by atoms with E-state index in [1.54, 1.807) is 37.3 Å². The van der Waals surface area contributed by atoms with Crippen LogP contribution < -0.4 is 4.90 Å². The predicted octanol–water partition coefficient (Wildman–Crippen LogP) is 3.99. The molecule has 0 radical (unpaired) electrons. The SMILES string of the molecule is Cc1nc2sc([C@H](c3ccccc3F)N3CCN(c4ccccc4F)CC3)c(O)n2n1. The summed E-state index contributed by atoms with van der Waals surface area (Å²) in [6, 6.07) is 12.8. The van der Waals surface area contributed by atoms with E-state index in [1.807, 2.05) is 11.0 Å². The van der Waals surface area contributed by atoms with E-state index >= 15 is 0 Å². The number of hydrogen-bond donors (Lipinski definition) is 1. The minimum absolute atomic E-state index is 0.0228. The van der Waals surface area contributed by atoms with Crippen LogP contribution in [-0.2, 0) is 0 Å². The molecule has 1 atom stereocenters. The van der Waals surface area contributed by atoms with Gasteiger partial charge in [0.05, 0.1) is 16.6 Å². The Kier molecular flexibility index (Phi) is 5.07. The molecule has 0 amide bonds. The molecule has 5 rings (SSSR count). The fourth-order valence-corrected chi connectivity index (χ4v) is 5.31. The summed E-state index contributed by atoms with van der Waals surface area (Å²) in [6.07, 6.45) is 0. The molecule has 1 aliphatic heterocycles. The molecule has 0 bridgehead atoms. The third kappa shape index (κ3) is 3.53. The van der Waals surface area contributed by atoms with Crippen LogP contribution in [0.2, 0.25) is 0 Å². The average molecular weight is 442 g/mol. The minimum Gasteiger partial charge on any atom is -0.492 e. The number of benzene rings is 2. The van der Waals surface area contributed by atoms with Gasteiger partial charge in [-0.25, -0.2) is 13.8 Å². The number of rotatable bonds is 4. The Bertz CT molecular complexity index is 1230. The van der Waals surface area contributed by atoms with E-state index in [9.17, 15) is 13.9 Å². The quantitative estimate of drug-likeness (QED) is 0.519. The number of para-hydroxylation sites is 1. The van der Waals surface area contributed by atoms with E-state index in [2.05, 4.69) is 15.0 Å². The molecule has 0 spiro atoms. The van der Waals surface area contributed by atoms with Crippen molar-refractivity contribution in [3.05, 3.63) is 76.4 Å². The molecule has 31 heavy (non-hydrogen) atoms. The molecule has 4 aromatic rings. The maximum atomic E-state index is 14.9. The second-order valence-electron chi connectivity index (χ2n) is 7.54. The fourth-order valence-electron chi connectivity index (χ4n) is 4.16. The minimum atomic E-state index is -0.488. The standard InChI is InChI=1S/C22H21F2N5OS/c1-14-25-22-29(26-14)21(30)20(31-22)19(15-6-2-3-7-16(15)23)28-12-10-27(11-13-28)18-9-5-4-8-17(18)24/h2-9,19,30H,10-13H2,1H3/t19-/m0/s1. The maximum absolute atomic E-state index is 14.9. The summed E-state index contributed by atoms with van der Waals surface area (Å²) in [5.41, 5.74) is 1.06. The first kappa shape index (κ1) is 19.9. The molecule has 9 heteroatoms. The zero-order chi connectivity index (χ0) is 21.5. The fraction of sp³-hybridized carbons (Fsp3) is 0.273. The van der Waals surface area contributed by atoms with Gasteiger partial charge >= 0.3 is 0 Å². The molecule has 0 aliphatic carbocycles. The number of nitrogens with zero attached hydrogens (tertiary/aromatic N) is 5. The number of aromatic hydroxyl groups is 1. The zero-order valence-corrected chi connectivity index (χ0v) is 17.7. The topological polar surface area (TPSA) is 56.9 Å². The Morgan fingerprint density at radius 3 is 2.32 bits per heavy atom. The lowest BCUT2D eigenvalue weighted by Crippen LogP contribution is -2.48. The first-order valence-electron chi connectivity index (χ1n) is 10.1. The Hall–Kier alpha value is -3.04. The van der Waals surface area contributed by atoms with E-state index in [0.717, 1.165) is 0 Å². The number of fused-ring (bicyclic) bond motifs is 1. The van der Waals surface area contributed by atoms with Gasteiger partial charge < -0.3 is 10.0 Å². The second-order valence-corrected chi connectivity index (χ2v) is 8.55. The van der Waals surface area contributed by atoms with Crippen LogP contribution in [0, 0.1) is 18.6 Å². The number of piperazine rings is 1. The van der Waals surface area contributed by atoms with Gasteiger partial charge in [0.1, 0.15) is 17.5 Å². The van der Waals surface area contributed by atoms with Gasteiger partial charge in [-0.15, -0.1) is 5.10 Å². The first-order chi connectivity index (χ1) is 15.0. The van der Waals surface area contributed by atoms with Crippen LogP contribution in [0.3, 0.4) is 0 Å². The lowest BCUT2D eigenvalue weighted by molar-refractivity contribution is 0.207. The third-order valence-electron chi connectivity index (χ3n) is 5.63. The lowest BCUT2D eigenvalue weighted by Gasteiger charge is -2.40. The highest BCUT2D eigenvalue weighted by molar-refractivity contribution is 7.17. The number of anilines is 1. The summed E-state index contributed by atoms with van der Waals surface area (Å²) in [6.45, 7) is 4.10. The van der Waals surface area contributed by atoms with Gasteiger partial charge in [-0.1, -0.05) is 41.7 Å². The summed E-state index contributed by atoms with van der Waals surface area (Å²) >= 11 is 1.31.